The molecule has 14 heavy (non-hydrogen) atoms. The van der Waals surface area contributed by atoms with Crippen molar-refractivity contribution in [3.05, 3.63) is 24.3 Å². The molecule has 0 bridgehead atoms. The zero-order chi connectivity index (χ0) is 10.6. The highest BCUT2D eigenvalue weighted by atomic mass is 32.2. The summed E-state index contributed by atoms with van der Waals surface area (Å²) < 4.78 is 4.93. The molecule has 0 saturated carbocycles. The van der Waals surface area contributed by atoms with E-state index >= 15 is 0 Å². The second-order valence-electron chi connectivity index (χ2n) is 2.48. The van der Waals surface area contributed by atoms with Crippen LogP contribution in [0.2, 0.25) is 0 Å². The lowest BCUT2D eigenvalue weighted by Gasteiger charge is -2.05. The van der Waals surface area contributed by atoms with E-state index in [9.17, 15) is 4.79 Å². The molecule has 2 N–H and O–H groups in total. The molecule has 1 rings (SSSR count). The molecule has 0 heterocycles. The van der Waals surface area contributed by atoms with Crippen molar-refractivity contribution in [3.8, 4) is 5.75 Å². The largest absolute Gasteiger partial charge is 0.497 e. The first-order valence-electron chi connectivity index (χ1n) is 3.85. The number of hydrogen-bond donors (Lipinski definition) is 2. The predicted octanol–water partition coefficient (Wildman–Crippen LogP) is 1.19. The molecule has 4 nitrogen and oxygen atoms in total. The number of carboxylic acid groups (broad SMARTS) is 1. The maximum atomic E-state index is 10.3. The average Bonchev–Trinajstić information content (AvgIpc) is 2.19. The Morgan fingerprint density at radius 1 is 1.43 bits per heavy atom. The smallest absolute Gasteiger partial charge is 0.343 e. The van der Waals surface area contributed by atoms with Crippen LogP contribution in [0.25, 0.3) is 0 Å². The summed E-state index contributed by atoms with van der Waals surface area (Å²) in [6.45, 7) is 0. The van der Waals surface area contributed by atoms with Gasteiger partial charge in [0.15, 0.2) is 0 Å². The number of methoxy groups -OCH3 is 1. The van der Waals surface area contributed by atoms with Crippen molar-refractivity contribution in [1.29, 1.82) is 0 Å². The van der Waals surface area contributed by atoms with Gasteiger partial charge in [0.2, 0.25) is 5.44 Å². The number of benzene rings is 1. The number of ether oxygens (including phenoxy) is 1. The van der Waals surface area contributed by atoms with Crippen LogP contribution in [0, 0.1) is 0 Å². The minimum atomic E-state index is -1.43. The van der Waals surface area contributed by atoms with E-state index < -0.39 is 11.4 Å². The third kappa shape index (κ3) is 2.93. The maximum Gasteiger partial charge on any atom is 0.343 e. The fraction of sp³-hybridized carbons (Fsp3) is 0.222. The Morgan fingerprint density at radius 3 is 2.43 bits per heavy atom. The molecule has 1 aromatic rings. The van der Waals surface area contributed by atoms with Crippen LogP contribution < -0.4 is 4.74 Å². The first kappa shape index (κ1) is 10.9. The lowest BCUT2D eigenvalue weighted by molar-refractivity contribution is -0.141. The van der Waals surface area contributed by atoms with Crippen molar-refractivity contribution >= 4 is 17.7 Å². The van der Waals surface area contributed by atoms with E-state index in [1.807, 2.05) is 0 Å². The molecule has 0 amide bonds. The first-order valence-corrected chi connectivity index (χ1v) is 4.73. The quantitative estimate of drug-likeness (QED) is 0.582. The van der Waals surface area contributed by atoms with Gasteiger partial charge in [-0.1, -0.05) is 11.8 Å². The number of aliphatic carboxylic acids is 1. The summed E-state index contributed by atoms with van der Waals surface area (Å²) in [7, 11) is 1.55. The van der Waals surface area contributed by atoms with Gasteiger partial charge in [0, 0.05) is 4.90 Å². The molecule has 1 unspecified atom stereocenters. The van der Waals surface area contributed by atoms with Crippen LogP contribution >= 0.6 is 11.8 Å². The Morgan fingerprint density at radius 2 is 2.00 bits per heavy atom. The first-order chi connectivity index (χ1) is 6.63. The van der Waals surface area contributed by atoms with Gasteiger partial charge in [-0.3, -0.25) is 0 Å². The van der Waals surface area contributed by atoms with E-state index in [0.717, 1.165) is 11.8 Å². The van der Waals surface area contributed by atoms with E-state index in [0.29, 0.717) is 10.6 Å². The number of carbonyl (C=O) groups is 1. The lowest BCUT2D eigenvalue weighted by Crippen LogP contribution is -2.14. The Bertz CT molecular complexity index is 309. The Balaban J connectivity index is 2.64. The Labute approximate surface area is 85.5 Å². The summed E-state index contributed by atoms with van der Waals surface area (Å²) in [5, 5.41) is 17.5. The van der Waals surface area contributed by atoms with Gasteiger partial charge in [-0.25, -0.2) is 4.79 Å². The number of hydrogen-bond acceptors (Lipinski definition) is 4. The summed E-state index contributed by atoms with van der Waals surface area (Å²) in [6.07, 6.45) is 0. The molecular weight excluding hydrogens is 204 g/mol. The van der Waals surface area contributed by atoms with Crippen LogP contribution in [0.5, 0.6) is 5.75 Å². The molecule has 0 spiro atoms. The third-order valence-electron chi connectivity index (χ3n) is 1.52. The van der Waals surface area contributed by atoms with Gasteiger partial charge in [-0.05, 0) is 24.3 Å². The number of aliphatic hydroxyl groups is 1. The zero-order valence-corrected chi connectivity index (χ0v) is 8.32. The fourth-order valence-corrected chi connectivity index (χ4v) is 1.49. The minimum absolute atomic E-state index is 0.681. The summed E-state index contributed by atoms with van der Waals surface area (Å²) >= 11 is 0.871. The number of thioether (sulfide) groups is 1. The van der Waals surface area contributed by atoms with Gasteiger partial charge in [0.25, 0.3) is 0 Å². The van der Waals surface area contributed by atoms with Crippen LogP contribution in [-0.2, 0) is 4.79 Å². The Hall–Kier alpha value is -1.20. The van der Waals surface area contributed by atoms with Crippen LogP contribution in [0.4, 0.5) is 0 Å². The average molecular weight is 214 g/mol. The van der Waals surface area contributed by atoms with E-state index in [2.05, 4.69) is 0 Å². The third-order valence-corrected chi connectivity index (χ3v) is 2.49. The number of aliphatic hydroxyl groups excluding tert-OH is 1. The van der Waals surface area contributed by atoms with Gasteiger partial charge in [0.05, 0.1) is 7.11 Å². The van der Waals surface area contributed by atoms with Gasteiger partial charge in [0.1, 0.15) is 5.75 Å². The van der Waals surface area contributed by atoms with Gasteiger partial charge in [-0.15, -0.1) is 0 Å². The maximum absolute atomic E-state index is 10.3. The predicted molar refractivity (Wildman–Crippen MR) is 52.5 cm³/mol. The van der Waals surface area contributed by atoms with Crippen LogP contribution in [-0.4, -0.2) is 28.7 Å². The van der Waals surface area contributed by atoms with Crippen molar-refractivity contribution in [2.24, 2.45) is 0 Å². The van der Waals surface area contributed by atoms with Crippen molar-refractivity contribution < 1.29 is 19.7 Å². The van der Waals surface area contributed by atoms with Gasteiger partial charge >= 0.3 is 5.97 Å². The summed E-state index contributed by atoms with van der Waals surface area (Å²) in [5.41, 5.74) is -1.43. The molecule has 0 radical (unpaired) electrons. The monoisotopic (exact) mass is 214 g/mol. The minimum Gasteiger partial charge on any atom is -0.497 e. The summed E-state index contributed by atoms with van der Waals surface area (Å²) in [6, 6.07) is 6.79. The Kier molecular flexibility index (Phi) is 3.79. The second kappa shape index (κ2) is 4.88. The van der Waals surface area contributed by atoms with Crippen LogP contribution in [0.15, 0.2) is 29.2 Å². The summed E-state index contributed by atoms with van der Waals surface area (Å²) in [5.74, 6) is -0.551. The summed E-state index contributed by atoms with van der Waals surface area (Å²) in [4.78, 5) is 11.0. The highest BCUT2D eigenvalue weighted by molar-refractivity contribution is 8.00. The fourth-order valence-electron chi connectivity index (χ4n) is 0.834. The van der Waals surface area contributed by atoms with E-state index in [4.69, 9.17) is 14.9 Å². The lowest BCUT2D eigenvalue weighted by atomic mass is 10.3. The van der Waals surface area contributed by atoms with Crippen LogP contribution in [0.3, 0.4) is 0 Å². The second-order valence-corrected chi connectivity index (χ2v) is 3.64. The highest BCUT2D eigenvalue weighted by Gasteiger charge is 2.14. The molecule has 0 aliphatic heterocycles. The molecule has 0 aliphatic carbocycles. The molecule has 76 valence electrons. The van der Waals surface area contributed by atoms with E-state index in [1.165, 1.54) is 0 Å². The SMILES string of the molecule is COc1ccc(SC(O)C(=O)O)cc1. The number of rotatable bonds is 4. The topological polar surface area (TPSA) is 66.8 Å². The molecule has 0 fully saturated rings. The molecular formula is C9H10O4S. The van der Waals surface area contributed by atoms with Crippen molar-refractivity contribution in [2.75, 3.05) is 7.11 Å². The van der Waals surface area contributed by atoms with Gasteiger partial charge < -0.3 is 14.9 Å². The molecule has 1 atom stereocenters. The van der Waals surface area contributed by atoms with Gasteiger partial charge in [-0.2, -0.15) is 0 Å². The molecule has 1 aromatic carbocycles. The highest BCUT2D eigenvalue weighted by Crippen LogP contribution is 2.24. The molecule has 5 heteroatoms. The zero-order valence-electron chi connectivity index (χ0n) is 7.51. The van der Waals surface area contributed by atoms with E-state index in [1.54, 1.807) is 31.4 Å². The molecule has 0 aliphatic rings. The van der Waals surface area contributed by atoms with Crippen molar-refractivity contribution in [1.82, 2.24) is 0 Å². The van der Waals surface area contributed by atoms with Crippen LogP contribution in [0.1, 0.15) is 0 Å². The van der Waals surface area contributed by atoms with Crippen molar-refractivity contribution in [3.63, 3.8) is 0 Å². The molecule has 0 saturated heterocycles. The van der Waals surface area contributed by atoms with Crippen molar-refractivity contribution in [2.45, 2.75) is 10.3 Å². The normalized spacial score (nSPS) is 12.1. The molecule has 0 aromatic heterocycles. The number of carboxylic acids is 1. The standard InChI is InChI=1S/C9H10O4S/c1-13-6-2-4-7(5-3-6)14-9(12)8(10)11/h2-5,9,12H,1H3,(H,10,11). The van der Waals surface area contributed by atoms with E-state index in [-0.39, 0.29) is 0 Å².